The SMILES string of the molecule is CCOP(=O)([O-])OCC.CC[N+](C)(CC)CC. The number of hydrogen-bond donors (Lipinski definition) is 0. The first kappa shape index (κ1) is 19.4. The Morgan fingerprint density at radius 1 is 0.941 bits per heavy atom. The number of phosphoric ester groups is 1. The van der Waals surface area contributed by atoms with Crippen LogP contribution in [0.25, 0.3) is 0 Å². The van der Waals surface area contributed by atoms with Crippen molar-refractivity contribution in [2.75, 3.05) is 39.9 Å². The van der Waals surface area contributed by atoms with Crippen molar-refractivity contribution in [2.45, 2.75) is 34.6 Å². The molecule has 0 bridgehead atoms. The molecule has 0 saturated carbocycles. The molecule has 0 atom stereocenters. The van der Waals surface area contributed by atoms with Gasteiger partial charge in [0.05, 0.1) is 39.9 Å². The van der Waals surface area contributed by atoms with Crippen molar-refractivity contribution in [3.63, 3.8) is 0 Å². The van der Waals surface area contributed by atoms with E-state index in [0.717, 1.165) is 0 Å². The third-order valence-electron chi connectivity index (χ3n) is 2.86. The predicted octanol–water partition coefficient (Wildman–Crippen LogP) is 2.02. The molecule has 0 rings (SSSR count). The lowest BCUT2D eigenvalue weighted by molar-refractivity contribution is -0.904. The van der Waals surface area contributed by atoms with Crippen molar-refractivity contribution < 1.29 is 23.0 Å². The molecule has 0 unspecified atom stereocenters. The van der Waals surface area contributed by atoms with Crippen molar-refractivity contribution in [2.24, 2.45) is 0 Å². The third-order valence-corrected chi connectivity index (χ3v) is 4.01. The van der Waals surface area contributed by atoms with Gasteiger partial charge in [-0.3, -0.25) is 4.57 Å². The highest BCUT2D eigenvalue weighted by Crippen LogP contribution is 2.37. The minimum atomic E-state index is -3.94. The molecule has 6 heteroatoms. The average Bonchev–Trinajstić information content (AvgIpc) is 2.28. The van der Waals surface area contributed by atoms with Crippen molar-refractivity contribution in [1.29, 1.82) is 0 Å². The highest BCUT2D eigenvalue weighted by atomic mass is 31.2. The summed E-state index contributed by atoms with van der Waals surface area (Å²) in [4.78, 5) is 10.4. The molecule has 0 aromatic rings. The van der Waals surface area contributed by atoms with Crippen molar-refractivity contribution >= 4 is 7.82 Å². The fraction of sp³-hybridized carbons (Fsp3) is 1.00. The molecule has 106 valence electrons. The van der Waals surface area contributed by atoms with E-state index in [0.29, 0.717) is 0 Å². The van der Waals surface area contributed by atoms with E-state index in [9.17, 15) is 9.46 Å². The van der Waals surface area contributed by atoms with Crippen LogP contribution in [0.1, 0.15) is 34.6 Å². The number of phosphoric acid groups is 1. The molecule has 17 heavy (non-hydrogen) atoms. The summed E-state index contributed by atoms with van der Waals surface area (Å²) in [5, 5.41) is 0. The Labute approximate surface area is 106 Å². The summed E-state index contributed by atoms with van der Waals surface area (Å²) in [6.07, 6.45) is 0. The van der Waals surface area contributed by atoms with Crippen LogP contribution in [0.5, 0.6) is 0 Å². The molecule has 0 aliphatic heterocycles. The fourth-order valence-electron chi connectivity index (χ4n) is 1.02. The standard InChI is InChI=1S/C7H18N.C4H11O4P/c1-5-8(4,6-2)7-3;1-3-7-9(5,6)8-4-2/h5-7H2,1-4H3;3-4H2,1-2H3,(H,5,6)/q+1;/p-1. The van der Waals surface area contributed by atoms with Gasteiger partial charge in [0.25, 0.3) is 7.82 Å². The van der Waals surface area contributed by atoms with E-state index >= 15 is 0 Å². The first-order chi connectivity index (χ1) is 7.80. The molecule has 0 spiro atoms. The maximum absolute atomic E-state index is 10.4. The van der Waals surface area contributed by atoms with Gasteiger partial charge in [0, 0.05) is 0 Å². The third kappa shape index (κ3) is 10.9. The quantitative estimate of drug-likeness (QED) is 0.524. The Morgan fingerprint density at radius 3 is 1.35 bits per heavy atom. The van der Waals surface area contributed by atoms with Crippen LogP contribution < -0.4 is 4.89 Å². The van der Waals surface area contributed by atoms with Crippen molar-refractivity contribution in [3.8, 4) is 0 Å². The fourth-order valence-corrected chi connectivity index (χ4v) is 1.73. The molecule has 0 aliphatic carbocycles. The van der Waals surface area contributed by atoms with Crippen LogP contribution in [0.15, 0.2) is 0 Å². The number of rotatable bonds is 7. The van der Waals surface area contributed by atoms with Gasteiger partial charge in [-0.25, -0.2) is 0 Å². The van der Waals surface area contributed by atoms with E-state index in [4.69, 9.17) is 0 Å². The lowest BCUT2D eigenvalue weighted by Crippen LogP contribution is -2.42. The zero-order chi connectivity index (χ0) is 13.9. The van der Waals surface area contributed by atoms with Gasteiger partial charge >= 0.3 is 0 Å². The normalized spacial score (nSPS) is 11.9. The van der Waals surface area contributed by atoms with Crippen LogP contribution in [-0.2, 0) is 13.6 Å². The summed E-state index contributed by atoms with van der Waals surface area (Å²) in [5.74, 6) is 0. The Hall–Kier alpha value is 0.0700. The van der Waals surface area contributed by atoms with Gasteiger partial charge in [-0.1, -0.05) is 0 Å². The molecular formula is C11H28NO4P. The van der Waals surface area contributed by atoms with Gasteiger partial charge in [0.15, 0.2) is 0 Å². The van der Waals surface area contributed by atoms with Crippen LogP contribution in [0.4, 0.5) is 0 Å². The van der Waals surface area contributed by atoms with E-state index in [2.05, 4.69) is 36.9 Å². The molecule has 0 radical (unpaired) electrons. The van der Waals surface area contributed by atoms with E-state index in [1.54, 1.807) is 13.8 Å². The van der Waals surface area contributed by atoms with Crippen molar-refractivity contribution in [1.82, 2.24) is 0 Å². The predicted molar refractivity (Wildman–Crippen MR) is 68.7 cm³/mol. The average molecular weight is 269 g/mol. The summed E-state index contributed by atoms with van der Waals surface area (Å²) < 4.78 is 20.1. The molecule has 0 fully saturated rings. The second kappa shape index (κ2) is 10.0. The Balaban J connectivity index is 0. The summed E-state index contributed by atoms with van der Waals surface area (Å²) >= 11 is 0. The summed E-state index contributed by atoms with van der Waals surface area (Å²) in [7, 11) is -1.65. The molecule has 0 aromatic heterocycles. The summed E-state index contributed by atoms with van der Waals surface area (Å²) in [6.45, 7) is 13.9. The van der Waals surface area contributed by atoms with E-state index in [1.807, 2.05) is 0 Å². The first-order valence-electron chi connectivity index (χ1n) is 6.24. The Kier molecular flexibility index (Phi) is 11.5. The lowest BCUT2D eigenvalue weighted by atomic mass is 10.4. The molecule has 0 saturated heterocycles. The molecular weight excluding hydrogens is 241 g/mol. The maximum Gasteiger partial charge on any atom is 0.267 e. The minimum Gasteiger partial charge on any atom is -0.756 e. The number of nitrogens with zero attached hydrogens (tertiary/aromatic N) is 1. The molecule has 0 heterocycles. The highest BCUT2D eigenvalue weighted by Gasteiger charge is 2.10. The van der Waals surface area contributed by atoms with Gasteiger partial charge in [0.2, 0.25) is 0 Å². The smallest absolute Gasteiger partial charge is 0.267 e. The van der Waals surface area contributed by atoms with Crippen molar-refractivity contribution in [3.05, 3.63) is 0 Å². The minimum absolute atomic E-state index is 0.126. The Bertz CT molecular complexity index is 201. The number of hydrogen-bond acceptors (Lipinski definition) is 4. The summed E-state index contributed by atoms with van der Waals surface area (Å²) in [6, 6.07) is 0. The van der Waals surface area contributed by atoms with Crippen LogP contribution in [-0.4, -0.2) is 44.4 Å². The second-order valence-corrected chi connectivity index (χ2v) is 5.26. The molecule has 5 nitrogen and oxygen atoms in total. The number of quaternary nitrogens is 1. The zero-order valence-corrected chi connectivity index (χ0v) is 13.0. The largest absolute Gasteiger partial charge is 0.756 e. The van der Waals surface area contributed by atoms with Crippen LogP contribution in [0, 0.1) is 0 Å². The highest BCUT2D eigenvalue weighted by molar-refractivity contribution is 7.45. The molecule has 0 N–H and O–H groups in total. The van der Waals surface area contributed by atoms with Gasteiger partial charge in [0.1, 0.15) is 0 Å². The first-order valence-corrected chi connectivity index (χ1v) is 7.70. The topological polar surface area (TPSA) is 58.6 Å². The van der Waals surface area contributed by atoms with E-state index in [-0.39, 0.29) is 13.2 Å². The summed E-state index contributed by atoms with van der Waals surface area (Å²) in [5.41, 5.74) is 0. The van der Waals surface area contributed by atoms with Gasteiger partial charge in [-0.15, -0.1) is 0 Å². The van der Waals surface area contributed by atoms with Gasteiger partial charge < -0.3 is 18.4 Å². The molecule has 0 aliphatic rings. The second-order valence-electron chi connectivity index (χ2n) is 3.85. The molecule has 0 aromatic carbocycles. The van der Waals surface area contributed by atoms with Crippen LogP contribution >= 0.6 is 7.82 Å². The monoisotopic (exact) mass is 269 g/mol. The maximum atomic E-state index is 10.4. The lowest BCUT2D eigenvalue weighted by Gasteiger charge is -2.30. The Morgan fingerprint density at radius 2 is 1.24 bits per heavy atom. The van der Waals surface area contributed by atoms with Gasteiger partial charge in [-0.05, 0) is 34.6 Å². The van der Waals surface area contributed by atoms with E-state index in [1.165, 1.54) is 24.1 Å². The zero-order valence-electron chi connectivity index (χ0n) is 12.1. The van der Waals surface area contributed by atoms with Crippen LogP contribution in [0.2, 0.25) is 0 Å². The van der Waals surface area contributed by atoms with Gasteiger partial charge in [-0.2, -0.15) is 0 Å². The van der Waals surface area contributed by atoms with Crippen LogP contribution in [0.3, 0.4) is 0 Å². The molecule has 0 amide bonds. The van der Waals surface area contributed by atoms with E-state index < -0.39 is 7.82 Å².